The summed E-state index contributed by atoms with van der Waals surface area (Å²) in [6.07, 6.45) is 5.34. The van der Waals surface area contributed by atoms with Crippen molar-refractivity contribution in [3.8, 4) is 0 Å². The van der Waals surface area contributed by atoms with Gasteiger partial charge < -0.3 is 10.6 Å². The molecule has 2 fully saturated rings. The van der Waals surface area contributed by atoms with Gasteiger partial charge in [-0.25, -0.2) is 0 Å². The Bertz CT molecular complexity index is 453. The number of benzene rings is 1. The van der Waals surface area contributed by atoms with Crippen LogP contribution in [-0.2, 0) is 4.79 Å². The highest BCUT2D eigenvalue weighted by molar-refractivity contribution is 5.85. The molecule has 2 N–H and O–H groups in total. The van der Waals surface area contributed by atoms with Crippen molar-refractivity contribution in [2.45, 2.75) is 63.1 Å². The molecule has 3 rings (SSSR count). The molecule has 3 unspecified atom stereocenters. The van der Waals surface area contributed by atoms with Gasteiger partial charge in [-0.3, -0.25) is 4.79 Å². The van der Waals surface area contributed by atoms with Crippen molar-refractivity contribution in [2.75, 3.05) is 0 Å². The van der Waals surface area contributed by atoms with Crippen LogP contribution in [0.3, 0.4) is 0 Å². The number of rotatable bonds is 4. The van der Waals surface area contributed by atoms with Crippen LogP contribution in [0.25, 0.3) is 0 Å². The highest BCUT2D eigenvalue weighted by atomic mass is 35.5. The molecule has 3 nitrogen and oxygen atoms in total. The normalized spacial score (nSPS) is 28.5. The van der Waals surface area contributed by atoms with Gasteiger partial charge in [-0.1, -0.05) is 37.3 Å². The van der Waals surface area contributed by atoms with E-state index in [1.807, 2.05) is 18.2 Å². The summed E-state index contributed by atoms with van der Waals surface area (Å²) in [4.78, 5) is 12.2. The average Bonchev–Trinajstić information content (AvgIpc) is 2.78. The summed E-state index contributed by atoms with van der Waals surface area (Å²) in [6, 6.07) is 11.9. The fourth-order valence-electron chi connectivity index (χ4n) is 3.64. The van der Waals surface area contributed by atoms with Crippen LogP contribution in [0.5, 0.6) is 0 Å². The minimum Gasteiger partial charge on any atom is -0.353 e. The van der Waals surface area contributed by atoms with Crippen molar-refractivity contribution in [3.63, 3.8) is 0 Å². The predicted octanol–water partition coefficient (Wildman–Crippen LogP) is 3.00. The summed E-state index contributed by atoms with van der Waals surface area (Å²) in [7, 11) is 0. The van der Waals surface area contributed by atoms with Crippen LogP contribution in [0.4, 0.5) is 0 Å². The van der Waals surface area contributed by atoms with Crippen molar-refractivity contribution >= 4 is 18.3 Å². The van der Waals surface area contributed by atoms with Crippen LogP contribution >= 0.6 is 12.4 Å². The topological polar surface area (TPSA) is 41.1 Å². The maximum atomic E-state index is 12.2. The number of hydrogen-bond acceptors (Lipinski definition) is 2. The van der Waals surface area contributed by atoms with Crippen LogP contribution in [0.2, 0.25) is 0 Å². The van der Waals surface area contributed by atoms with Gasteiger partial charge in [0.1, 0.15) is 0 Å². The second-order valence-electron chi connectivity index (χ2n) is 6.39. The van der Waals surface area contributed by atoms with E-state index in [1.165, 1.54) is 18.4 Å². The van der Waals surface area contributed by atoms with E-state index < -0.39 is 0 Å². The van der Waals surface area contributed by atoms with Crippen LogP contribution in [-0.4, -0.2) is 24.0 Å². The average molecular weight is 309 g/mol. The monoisotopic (exact) mass is 308 g/mol. The third kappa shape index (κ3) is 4.21. The molecule has 2 aliphatic heterocycles. The minimum absolute atomic E-state index is 0. The molecule has 116 valence electrons. The number of carbonyl (C=O) groups excluding carboxylic acids is 1. The van der Waals surface area contributed by atoms with E-state index in [0.717, 1.165) is 12.8 Å². The third-order valence-corrected chi connectivity index (χ3v) is 4.70. The van der Waals surface area contributed by atoms with Gasteiger partial charge in [0.25, 0.3) is 0 Å². The minimum atomic E-state index is 0. The van der Waals surface area contributed by atoms with Gasteiger partial charge in [-0.2, -0.15) is 0 Å². The molecular weight excluding hydrogens is 284 g/mol. The van der Waals surface area contributed by atoms with E-state index in [1.54, 1.807) is 0 Å². The molecule has 2 bridgehead atoms. The molecule has 0 aromatic heterocycles. The number of halogens is 1. The standard InChI is InChI=1S/C17H24N2O.ClH/c1-12(13-5-3-2-4-6-13)9-17(20)19-16-10-14-7-8-15(11-16)18-14;/h2-6,12,14-16,18H,7-11H2,1H3,(H,19,20);1H. The van der Waals surface area contributed by atoms with Crippen molar-refractivity contribution in [1.82, 2.24) is 10.6 Å². The highest BCUT2D eigenvalue weighted by Crippen LogP contribution is 2.27. The highest BCUT2D eigenvalue weighted by Gasteiger charge is 2.33. The zero-order chi connectivity index (χ0) is 13.9. The lowest BCUT2D eigenvalue weighted by molar-refractivity contribution is -0.122. The van der Waals surface area contributed by atoms with Gasteiger partial charge in [-0.05, 0) is 37.2 Å². The number of carbonyl (C=O) groups is 1. The Morgan fingerprint density at radius 1 is 1.24 bits per heavy atom. The van der Waals surface area contributed by atoms with Crippen LogP contribution < -0.4 is 10.6 Å². The summed E-state index contributed by atoms with van der Waals surface area (Å²) >= 11 is 0. The van der Waals surface area contributed by atoms with Crippen LogP contribution in [0, 0.1) is 0 Å². The van der Waals surface area contributed by atoms with Crippen molar-refractivity contribution in [2.24, 2.45) is 0 Å². The van der Waals surface area contributed by atoms with E-state index in [2.05, 4.69) is 29.7 Å². The number of nitrogens with one attached hydrogen (secondary N) is 2. The van der Waals surface area contributed by atoms with E-state index in [-0.39, 0.29) is 24.2 Å². The summed E-state index contributed by atoms with van der Waals surface area (Å²) in [5, 5.41) is 6.85. The molecule has 1 amide bonds. The lowest BCUT2D eigenvalue weighted by atomic mass is 9.96. The molecule has 3 atom stereocenters. The van der Waals surface area contributed by atoms with Gasteiger partial charge in [-0.15, -0.1) is 12.4 Å². The van der Waals surface area contributed by atoms with E-state index >= 15 is 0 Å². The summed E-state index contributed by atoms with van der Waals surface area (Å²) < 4.78 is 0. The Hall–Kier alpha value is -1.06. The molecule has 0 saturated carbocycles. The molecule has 4 heteroatoms. The molecule has 1 aromatic rings. The predicted molar refractivity (Wildman–Crippen MR) is 87.8 cm³/mol. The quantitative estimate of drug-likeness (QED) is 0.898. The zero-order valence-electron chi connectivity index (χ0n) is 12.5. The van der Waals surface area contributed by atoms with Crippen molar-refractivity contribution in [1.29, 1.82) is 0 Å². The number of piperidine rings is 1. The molecule has 2 aliphatic rings. The molecule has 2 heterocycles. The molecule has 0 radical (unpaired) electrons. The Morgan fingerprint density at radius 2 is 1.86 bits per heavy atom. The third-order valence-electron chi connectivity index (χ3n) is 4.70. The lowest BCUT2D eigenvalue weighted by Crippen LogP contribution is -2.48. The zero-order valence-corrected chi connectivity index (χ0v) is 13.4. The first kappa shape index (κ1) is 16.3. The molecule has 21 heavy (non-hydrogen) atoms. The Balaban J connectivity index is 0.00000161. The van der Waals surface area contributed by atoms with E-state index in [4.69, 9.17) is 0 Å². The molecule has 0 aliphatic carbocycles. The second kappa shape index (κ2) is 7.28. The number of amides is 1. The van der Waals surface area contributed by atoms with Crippen LogP contribution in [0.15, 0.2) is 30.3 Å². The first-order valence-electron chi connectivity index (χ1n) is 7.81. The smallest absolute Gasteiger partial charge is 0.220 e. The molecule has 1 aromatic carbocycles. The Kier molecular flexibility index (Phi) is 5.65. The SMILES string of the molecule is CC(CC(=O)NC1CC2CCC(C1)N2)c1ccccc1.Cl. The first-order chi connectivity index (χ1) is 9.70. The van der Waals surface area contributed by atoms with Gasteiger partial charge in [0.05, 0.1) is 0 Å². The van der Waals surface area contributed by atoms with E-state index in [0.29, 0.717) is 24.5 Å². The van der Waals surface area contributed by atoms with Gasteiger partial charge >= 0.3 is 0 Å². The van der Waals surface area contributed by atoms with E-state index in [9.17, 15) is 4.79 Å². The molecular formula is C17H25ClN2O. The summed E-state index contributed by atoms with van der Waals surface area (Å²) in [5.41, 5.74) is 1.24. The summed E-state index contributed by atoms with van der Waals surface area (Å²) in [5.74, 6) is 0.488. The van der Waals surface area contributed by atoms with Crippen molar-refractivity contribution in [3.05, 3.63) is 35.9 Å². The number of fused-ring (bicyclic) bond motifs is 2. The lowest BCUT2D eigenvalue weighted by Gasteiger charge is -2.30. The molecule has 2 saturated heterocycles. The second-order valence-corrected chi connectivity index (χ2v) is 6.39. The fraction of sp³-hybridized carbons (Fsp3) is 0.588. The van der Waals surface area contributed by atoms with Gasteiger partial charge in [0.2, 0.25) is 5.91 Å². The largest absolute Gasteiger partial charge is 0.353 e. The maximum Gasteiger partial charge on any atom is 0.220 e. The van der Waals surface area contributed by atoms with Crippen LogP contribution in [0.1, 0.15) is 50.5 Å². The Labute approximate surface area is 133 Å². The van der Waals surface area contributed by atoms with Gasteiger partial charge in [0, 0.05) is 24.5 Å². The van der Waals surface area contributed by atoms with Gasteiger partial charge in [0.15, 0.2) is 0 Å². The Morgan fingerprint density at radius 3 is 2.48 bits per heavy atom. The fourth-order valence-corrected chi connectivity index (χ4v) is 3.64. The summed E-state index contributed by atoms with van der Waals surface area (Å²) in [6.45, 7) is 2.13. The molecule has 0 spiro atoms. The van der Waals surface area contributed by atoms with Crippen molar-refractivity contribution < 1.29 is 4.79 Å². The number of hydrogen-bond donors (Lipinski definition) is 2. The maximum absolute atomic E-state index is 12.2. The first-order valence-corrected chi connectivity index (χ1v) is 7.81.